The van der Waals surface area contributed by atoms with Crippen LogP contribution in [0.15, 0.2) is 18.2 Å². The second-order valence-electron chi connectivity index (χ2n) is 4.34. The van der Waals surface area contributed by atoms with E-state index in [4.69, 9.17) is 9.47 Å². The Hall–Kier alpha value is -1.33. The first-order valence-corrected chi connectivity index (χ1v) is 6.97. The molecule has 1 aromatic carbocycles. The Labute approximate surface area is 110 Å². The van der Waals surface area contributed by atoms with Crippen LogP contribution in [0.5, 0.6) is 5.75 Å². The Bertz CT molecular complexity index is 535. The van der Waals surface area contributed by atoms with E-state index in [9.17, 15) is 0 Å². The molecule has 1 saturated heterocycles. The third-order valence-electron chi connectivity index (χ3n) is 3.11. The summed E-state index contributed by atoms with van der Waals surface area (Å²) in [5.74, 6) is 0.828. The van der Waals surface area contributed by atoms with E-state index in [1.807, 2.05) is 12.1 Å². The molecule has 2 heterocycles. The molecule has 0 amide bonds. The molecule has 0 spiro atoms. The smallest absolute Gasteiger partial charge is 0.184 e. The Balaban J connectivity index is 1.76. The molecule has 1 unspecified atom stereocenters. The first-order chi connectivity index (χ1) is 8.86. The number of thiazole rings is 1. The van der Waals surface area contributed by atoms with Gasteiger partial charge in [0.1, 0.15) is 11.3 Å². The van der Waals surface area contributed by atoms with Gasteiger partial charge in [0.15, 0.2) is 5.13 Å². The lowest BCUT2D eigenvalue weighted by molar-refractivity contribution is 0.120. The van der Waals surface area contributed by atoms with Gasteiger partial charge in [-0.2, -0.15) is 0 Å². The highest BCUT2D eigenvalue weighted by Gasteiger charge is 2.16. The van der Waals surface area contributed by atoms with Gasteiger partial charge in [0, 0.05) is 13.2 Å². The molecule has 1 aliphatic heterocycles. The van der Waals surface area contributed by atoms with E-state index in [2.05, 4.69) is 16.4 Å². The lowest BCUT2D eigenvalue weighted by Gasteiger charge is -2.08. The maximum atomic E-state index is 5.58. The summed E-state index contributed by atoms with van der Waals surface area (Å²) < 4.78 is 12.0. The lowest BCUT2D eigenvalue weighted by atomic mass is 10.2. The van der Waals surface area contributed by atoms with Gasteiger partial charge in [0.05, 0.1) is 17.9 Å². The number of hydrogen-bond acceptors (Lipinski definition) is 5. The normalized spacial score (nSPS) is 19.3. The molecular formula is C13H16N2O2S. The average molecular weight is 264 g/mol. The van der Waals surface area contributed by atoms with Crippen LogP contribution in [0.25, 0.3) is 10.2 Å². The van der Waals surface area contributed by atoms with E-state index < -0.39 is 0 Å². The fourth-order valence-electron chi connectivity index (χ4n) is 2.17. The van der Waals surface area contributed by atoms with Crippen LogP contribution < -0.4 is 10.1 Å². The summed E-state index contributed by atoms with van der Waals surface area (Å²) in [6, 6.07) is 5.99. The minimum absolute atomic E-state index is 0.332. The SMILES string of the molecule is COc1cccc2sc(NCC3CCCO3)nc12. The zero-order valence-corrected chi connectivity index (χ0v) is 11.1. The van der Waals surface area contributed by atoms with Crippen LogP contribution in [0.2, 0.25) is 0 Å². The number of anilines is 1. The Morgan fingerprint density at radius 2 is 2.50 bits per heavy atom. The van der Waals surface area contributed by atoms with Crippen LogP contribution in [0.3, 0.4) is 0 Å². The zero-order chi connectivity index (χ0) is 12.4. The molecule has 1 aliphatic rings. The molecule has 0 bridgehead atoms. The molecule has 2 aromatic rings. The fraction of sp³-hybridized carbons (Fsp3) is 0.462. The first kappa shape index (κ1) is 11.7. The summed E-state index contributed by atoms with van der Waals surface area (Å²) >= 11 is 1.65. The van der Waals surface area contributed by atoms with E-state index in [1.54, 1.807) is 18.4 Å². The highest BCUT2D eigenvalue weighted by molar-refractivity contribution is 7.22. The van der Waals surface area contributed by atoms with Crippen molar-refractivity contribution >= 4 is 26.7 Å². The number of rotatable bonds is 4. The monoisotopic (exact) mass is 264 g/mol. The maximum Gasteiger partial charge on any atom is 0.184 e. The molecule has 0 radical (unpaired) electrons. The van der Waals surface area contributed by atoms with E-state index in [1.165, 1.54) is 6.42 Å². The fourth-order valence-corrected chi connectivity index (χ4v) is 3.06. The minimum Gasteiger partial charge on any atom is -0.494 e. The van der Waals surface area contributed by atoms with Crippen molar-refractivity contribution in [2.45, 2.75) is 18.9 Å². The van der Waals surface area contributed by atoms with Crippen molar-refractivity contribution in [3.05, 3.63) is 18.2 Å². The summed E-state index contributed by atoms with van der Waals surface area (Å²) in [6.07, 6.45) is 2.64. The third-order valence-corrected chi connectivity index (χ3v) is 4.09. The number of nitrogens with zero attached hydrogens (tertiary/aromatic N) is 1. The Morgan fingerprint density at radius 1 is 1.56 bits per heavy atom. The van der Waals surface area contributed by atoms with Crippen molar-refractivity contribution in [1.29, 1.82) is 0 Å². The van der Waals surface area contributed by atoms with Gasteiger partial charge in [-0.05, 0) is 25.0 Å². The van der Waals surface area contributed by atoms with Gasteiger partial charge < -0.3 is 14.8 Å². The van der Waals surface area contributed by atoms with Crippen molar-refractivity contribution in [2.24, 2.45) is 0 Å². The topological polar surface area (TPSA) is 43.4 Å². The van der Waals surface area contributed by atoms with Gasteiger partial charge in [0.25, 0.3) is 0 Å². The van der Waals surface area contributed by atoms with Gasteiger partial charge in [-0.15, -0.1) is 0 Å². The van der Waals surface area contributed by atoms with Crippen molar-refractivity contribution in [1.82, 2.24) is 4.98 Å². The predicted octanol–water partition coefficient (Wildman–Crippen LogP) is 2.90. The first-order valence-electron chi connectivity index (χ1n) is 6.16. The van der Waals surface area contributed by atoms with Crippen LogP contribution in [-0.4, -0.2) is 31.3 Å². The lowest BCUT2D eigenvalue weighted by Crippen LogP contribution is -2.18. The number of para-hydroxylation sites is 1. The summed E-state index contributed by atoms with van der Waals surface area (Å²) in [7, 11) is 1.67. The third kappa shape index (κ3) is 2.28. The molecule has 1 N–H and O–H groups in total. The number of fused-ring (bicyclic) bond motifs is 1. The number of benzene rings is 1. The van der Waals surface area contributed by atoms with Crippen LogP contribution in [0.4, 0.5) is 5.13 Å². The van der Waals surface area contributed by atoms with Crippen molar-refractivity contribution in [2.75, 3.05) is 25.6 Å². The zero-order valence-electron chi connectivity index (χ0n) is 10.3. The van der Waals surface area contributed by atoms with Gasteiger partial charge in [-0.25, -0.2) is 4.98 Å². The van der Waals surface area contributed by atoms with Gasteiger partial charge in [-0.1, -0.05) is 17.4 Å². The van der Waals surface area contributed by atoms with Crippen LogP contribution in [-0.2, 0) is 4.74 Å². The van der Waals surface area contributed by atoms with Gasteiger partial charge >= 0.3 is 0 Å². The summed E-state index contributed by atoms with van der Waals surface area (Å²) in [6.45, 7) is 1.72. The van der Waals surface area contributed by atoms with E-state index in [0.717, 1.165) is 40.7 Å². The molecule has 0 aliphatic carbocycles. The van der Waals surface area contributed by atoms with Crippen molar-refractivity contribution in [3.63, 3.8) is 0 Å². The van der Waals surface area contributed by atoms with Crippen molar-refractivity contribution in [3.8, 4) is 5.75 Å². The van der Waals surface area contributed by atoms with Gasteiger partial charge in [0.2, 0.25) is 0 Å². The molecule has 96 valence electrons. The maximum absolute atomic E-state index is 5.58. The van der Waals surface area contributed by atoms with Crippen LogP contribution >= 0.6 is 11.3 Å². The van der Waals surface area contributed by atoms with E-state index in [-0.39, 0.29) is 0 Å². The molecule has 5 heteroatoms. The number of aromatic nitrogens is 1. The quantitative estimate of drug-likeness (QED) is 0.922. The summed E-state index contributed by atoms with van der Waals surface area (Å²) in [5.41, 5.74) is 0.930. The molecule has 1 aromatic heterocycles. The second-order valence-corrected chi connectivity index (χ2v) is 5.37. The predicted molar refractivity (Wildman–Crippen MR) is 73.6 cm³/mol. The summed E-state index contributed by atoms with van der Waals surface area (Å²) in [4.78, 5) is 4.57. The largest absolute Gasteiger partial charge is 0.494 e. The molecular weight excluding hydrogens is 248 g/mol. The molecule has 4 nitrogen and oxygen atoms in total. The minimum atomic E-state index is 0.332. The number of ether oxygens (including phenoxy) is 2. The number of methoxy groups -OCH3 is 1. The Morgan fingerprint density at radius 3 is 3.28 bits per heavy atom. The molecule has 18 heavy (non-hydrogen) atoms. The second kappa shape index (κ2) is 5.12. The summed E-state index contributed by atoms with van der Waals surface area (Å²) in [5, 5.41) is 4.29. The van der Waals surface area contributed by atoms with E-state index in [0.29, 0.717) is 6.10 Å². The number of nitrogens with one attached hydrogen (secondary N) is 1. The number of hydrogen-bond donors (Lipinski definition) is 1. The molecule has 0 saturated carbocycles. The van der Waals surface area contributed by atoms with E-state index >= 15 is 0 Å². The van der Waals surface area contributed by atoms with Crippen molar-refractivity contribution < 1.29 is 9.47 Å². The highest BCUT2D eigenvalue weighted by atomic mass is 32.1. The highest BCUT2D eigenvalue weighted by Crippen LogP contribution is 2.32. The average Bonchev–Trinajstić information content (AvgIpc) is 3.04. The molecule has 3 rings (SSSR count). The molecule has 1 fully saturated rings. The molecule has 1 atom stereocenters. The Kier molecular flexibility index (Phi) is 3.34. The van der Waals surface area contributed by atoms with Gasteiger partial charge in [-0.3, -0.25) is 0 Å². The van der Waals surface area contributed by atoms with Crippen LogP contribution in [0, 0.1) is 0 Å². The standard InChI is InChI=1S/C13H16N2O2S/c1-16-10-5-2-6-11-12(10)15-13(18-11)14-8-9-4-3-7-17-9/h2,5-6,9H,3-4,7-8H2,1H3,(H,14,15). The van der Waals surface area contributed by atoms with Crippen LogP contribution in [0.1, 0.15) is 12.8 Å².